The maximum atomic E-state index is 12.4. The van der Waals surface area contributed by atoms with Gasteiger partial charge >= 0.3 is 0 Å². The highest BCUT2D eigenvalue weighted by Gasteiger charge is 2.41. The summed E-state index contributed by atoms with van der Waals surface area (Å²) in [5.41, 5.74) is -3.65. The number of aliphatic carboxylic acids is 2. The zero-order chi connectivity index (χ0) is 42.9. The average molecular weight is 799 g/mol. The van der Waals surface area contributed by atoms with Crippen molar-refractivity contribution in [2.45, 2.75) is 218 Å². The molecule has 0 saturated carbocycles. The second-order valence-corrected chi connectivity index (χ2v) is 18.9. The normalized spacial score (nSPS) is 14.0. The molecule has 0 rings (SSSR count). The number of quaternary nitrogens is 2. The van der Waals surface area contributed by atoms with Gasteiger partial charge < -0.3 is 39.0 Å². The zero-order valence-corrected chi connectivity index (χ0v) is 37.9. The Morgan fingerprint density at radius 1 is 0.393 bits per heavy atom. The van der Waals surface area contributed by atoms with E-state index < -0.39 is 36.0 Å². The third-order valence-corrected chi connectivity index (χ3v) is 10.4. The molecule has 0 radical (unpaired) electrons. The Morgan fingerprint density at radius 2 is 0.589 bits per heavy atom. The second-order valence-electron chi connectivity index (χ2n) is 18.9. The molecule has 0 heterocycles. The van der Waals surface area contributed by atoms with Gasteiger partial charge in [-0.15, -0.1) is 0 Å². The van der Waals surface area contributed by atoms with Gasteiger partial charge in [0, 0.05) is 37.6 Å². The number of carbonyl (C=O) groups is 4. The first-order valence-electron chi connectivity index (χ1n) is 22.7. The third-order valence-electron chi connectivity index (χ3n) is 10.4. The van der Waals surface area contributed by atoms with Crippen molar-refractivity contribution in [2.24, 2.45) is 0 Å². The minimum Gasteiger partial charge on any atom is -0.550 e. The summed E-state index contributed by atoms with van der Waals surface area (Å²) in [4.78, 5) is 46.8. The smallest absolute Gasteiger partial charge is 0.177 e. The summed E-state index contributed by atoms with van der Waals surface area (Å²) in [5, 5.41) is 43.1. The Labute approximate surface area is 344 Å². The van der Waals surface area contributed by atoms with Gasteiger partial charge in [-0.25, -0.2) is 0 Å². The first-order valence-corrected chi connectivity index (χ1v) is 22.7. The number of likely N-dealkylation sites (N-methyl/N-ethyl adjacent to an activating group) is 2. The van der Waals surface area contributed by atoms with Gasteiger partial charge in [0.2, 0.25) is 0 Å². The molecule has 0 aliphatic carbocycles. The molecule has 0 amide bonds. The molecule has 0 aromatic carbocycles. The Balaban J connectivity index is 0. The molecule has 10 heteroatoms. The van der Waals surface area contributed by atoms with Gasteiger partial charge in [-0.05, 0) is 12.8 Å². The highest BCUT2D eigenvalue weighted by atomic mass is 16.4. The molecule has 0 fully saturated rings. The van der Waals surface area contributed by atoms with Crippen LogP contribution < -0.4 is 10.2 Å². The molecule has 0 aliphatic rings. The molecule has 2 unspecified atom stereocenters. The lowest BCUT2D eigenvalue weighted by Gasteiger charge is -2.35. The lowest BCUT2D eigenvalue weighted by molar-refractivity contribution is -0.875. The lowest BCUT2D eigenvalue weighted by atomic mass is 9.89. The van der Waals surface area contributed by atoms with Gasteiger partial charge in [0.1, 0.15) is 13.1 Å². The number of hydrogen-bond acceptors (Lipinski definition) is 8. The topological polar surface area (TPSA) is 155 Å². The highest BCUT2D eigenvalue weighted by molar-refractivity contribution is 5.91. The van der Waals surface area contributed by atoms with E-state index in [0.717, 1.165) is 25.7 Å². The van der Waals surface area contributed by atoms with Gasteiger partial charge in [0.05, 0.1) is 42.3 Å². The van der Waals surface area contributed by atoms with Crippen LogP contribution in [-0.2, 0) is 19.2 Å². The van der Waals surface area contributed by atoms with Crippen LogP contribution in [0.2, 0.25) is 0 Å². The van der Waals surface area contributed by atoms with Crippen molar-refractivity contribution in [3.05, 3.63) is 0 Å². The largest absolute Gasteiger partial charge is 0.550 e. The van der Waals surface area contributed by atoms with Crippen molar-refractivity contribution in [2.75, 3.05) is 55.4 Å². The SMILES string of the molecule is CCCCCCCCCCCCCCCC(=O)C(O)(CC(=O)[O-])C[N+](C)(C)C.CCCCCCCCCCCCCCCC(=O)C(O)(CC(=O)[O-])C[N+](C)(C)C. The fraction of sp³-hybridized carbons (Fsp3) is 0.913. The number of ketones is 2. The average Bonchev–Trinajstić information content (AvgIpc) is 3.06. The number of rotatable bonds is 38. The molecule has 0 aromatic rings. The van der Waals surface area contributed by atoms with Crippen LogP contribution in [0.25, 0.3) is 0 Å². The Hall–Kier alpha value is -1.88. The van der Waals surface area contributed by atoms with E-state index in [9.17, 15) is 39.6 Å². The summed E-state index contributed by atoms with van der Waals surface area (Å²) in [5.74, 6) is -3.50. The van der Waals surface area contributed by atoms with Crippen molar-refractivity contribution >= 4 is 23.5 Å². The van der Waals surface area contributed by atoms with E-state index in [4.69, 9.17) is 0 Å². The van der Waals surface area contributed by atoms with Crippen molar-refractivity contribution in [1.82, 2.24) is 0 Å². The van der Waals surface area contributed by atoms with E-state index in [1.54, 1.807) is 0 Å². The van der Waals surface area contributed by atoms with Crippen LogP contribution in [0.4, 0.5) is 0 Å². The van der Waals surface area contributed by atoms with E-state index in [0.29, 0.717) is 21.8 Å². The molecule has 2 atom stereocenters. The Bertz CT molecular complexity index is 942. The predicted molar refractivity (Wildman–Crippen MR) is 226 cm³/mol. The fourth-order valence-corrected chi connectivity index (χ4v) is 7.60. The maximum Gasteiger partial charge on any atom is 0.177 e. The Kier molecular flexibility index (Phi) is 33.1. The van der Waals surface area contributed by atoms with Crippen molar-refractivity contribution in [1.29, 1.82) is 0 Å². The molecule has 0 bridgehead atoms. The molecule has 0 saturated heterocycles. The van der Waals surface area contributed by atoms with Crippen molar-refractivity contribution < 1.29 is 48.6 Å². The quantitative estimate of drug-likeness (QED) is 0.0490. The second kappa shape index (κ2) is 33.0. The van der Waals surface area contributed by atoms with Crippen LogP contribution in [0.3, 0.4) is 0 Å². The predicted octanol–water partition coefficient (Wildman–Crippen LogP) is 7.23. The molecular formula is C46H90N2O8. The molecule has 0 aromatic heterocycles. The third kappa shape index (κ3) is 35.3. The van der Waals surface area contributed by atoms with E-state index >= 15 is 0 Å². The van der Waals surface area contributed by atoms with Crippen LogP contribution in [0.15, 0.2) is 0 Å². The van der Waals surface area contributed by atoms with Gasteiger partial charge in [0.25, 0.3) is 0 Å². The summed E-state index contributed by atoms with van der Waals surface area (Å²) in [7, 11) is 11.0. The summed E-state index contributed by atoms with van der Waals surface area (Å²) >= 11 is 0. The first kappa shape index (κ1) is 56.2. The fourth-order valence-electron chi connectivity index (χ4n) is 7.60. The maximum absolute atomic E-state index is 12.4. The van der Waals surface area contributed by atoms with Gasteiger partial charge in [0.15, 0.2) is 22.8 Å². The molecule has 10 nitrogen and oxygen atoms in total. The summed E-state index contributed by atoms with van der Waals surface area (Å²) in [6, 6.07) is 0. The molecule has 332 valence electrons. The minimum atomic E-state index is -1.83. The number of carboxylic acid groups (broad SMARTS) is 2. The van der Waals surface area contributed by atoms with Gasteiger partial charge in [-0.1, -0.05) is 168 Å². The number of nitrogens with zero attached hydrogens (tertiary/aromatic N) is 2. The van der Waals surface area contributed by atoms with Crippen LogP contribution in [-0.4, -0.2) is 109 Å². The summed E-state index contributed by atoms with van der Waals surface area (Å²) in [6.45, 7) is 4.65. The molecule has 56 heavy (non-hydrogen) atoms. The van der Waals surface area contributed by atoms with Gasteiger partial charge in [-0.3, -0.25) is 9.59 Å². The standard InChI is InChI=1S/2C23H45NO4/c2*1-5-6-7-8-9-10-11-12-13-14-15-16-17-18-21(25)23(28,19-22(26)27)20-24(2,3)4/h2*28H,5-20H2,1-4H3. The van der Waals surface area contributed by atoms with Crippen LogP contribution in [0.5, 0.6) is 0 Å². The first-order chi connectivity index (χ1) is 26.2. The monoisotopic (exact) mass is 799 g/mol. The van der Waals surface area contributed by atoms with Crippen LogP contribution >= 0.6 is 0 Å². The number of Topliss-reactive ketones (excluding diaryl/α,β-unsaturated/α-hetero) is 2. The Morgan fingerprint density at radius 3 is 0.768 bits per heavy atom. The molecule has 2 N–H and O–H groups in total. The number of aliphatic hydroxyl groups is 2. The molecule has 0 aliphatic heterocycles. The van der Waals surface area contributed by atoms with Gasteiger partial charge in [-0.2, -0.15) is 0 Å². The number of unbranched alkanes of at least 4 members (excludes halogenated alkanes) is 24. The number of carboxylic acids is 2. The zero-order valence-electron chi connectivity index (χ0n) is 37.9. The highest BCUT2D eigenvalue weighted by Crippen LogP contribution is 2.22. The molecular weight excluding hydrogens is 709 g/mol. The van der Waals surface area contributed by atoms with Crippen molar-refractivity contribution in [3.8, 4) is 0 Å². The lowest BCUT2D eigenvalue weighted by Crippen LogP contribution is -2.56. The van der Waals surface area contributed by atoms with E-state index in [1.165, 1.54) is 128 Å². The number of carbonyl (C=O) groups excluding carboxylic acids is 4. The summed E-state index contributed by atoms with van der Waals surface area (Å²) < 4.78 is 0.655. The minimum absolute atomic E-state index is 0.0816. The van der Waals surface area contributed by atoms with E-state index in [-0.39, 0.29) is 37.5 Å². The molecule has 0 spiro atoms. The number of hydrogen-bond donors (Lipinski definition) is 2. The van der Waals surface area contributed by atoms with Crippen molar-refractivity contribution in [3.63, 3.8) is 0 Å². The van der Waals surface area contributed by atoms with Crippen LogP contribution in [0.1, 0.15) is 206 Å². The summed E-state index contributed by atoms with van der Waals surface area (Å²) in [6.07, 6.45) is 31.1. The van der Waals surface area contributed by atoms with E-state index in [2.05, 4.69) is 13.8 Å². The van der Waals surface area contributed by atoms with Crippen LogP contribution in [0, 0.1) is 0 Å². The van der Waals surface area contributed by atoms with E-state index in [1.807, 2.05) is 42.3 Å².